The number of likely N-dealkylation sites (N-methyl/N-ethyl adjacent to an activating group) is 2. The molecule has 0 fully saturated rings. The van der Waals surface area contributed by atoms with Crippen molar-refractivity contribution in [2.75, 3.05) is 20.1 Å². The highest BCUT2D eigenvalue weighted by atomic mass is 16.2. The predicted molar refractivity (Wildman–Crippen MR) is 85.1 cm³/mol. The quantitative estimate of drug-likeness (QED) is 0.342. The van der Waals surface area contributed by atoms with Crippen LogP contribution in [0.4, 0.5) is 4.79 Å². The molecule has 2 atom stereocenters. The number of hydrogen-bond donors (Lipinski definition) is 5. The Hall–Kier alpha value is -1.83. The highest BCUT2D eigenvalue weighted by molar-refractivity contribution is 5.89. The molecule has 0 saturated carbocycles. The van der Waals surface area contributed by atoms with E-state index in [-0.39, 0.29) is 23.8 Å². The van der Waals surface area contributed by atoms with E-state index in [0.717, 1.165) is 0 Å². The van der Waals surface area contributed by atoms with E-state index < -0.39 is 12.1 Å². The van der Waals surface area contributed by atoms with E-state index >= 15 is 0 Å². The van der Waals surface area contributed by atoms with Crippen molar-refractivity contribution in [3.63, 3.8) is 0 Å². The molecular formula is C14H29N5O3. The minimum atomic E-state index is -0.632. The molecule has 0 aliphatic heterocycles. The van der Waals surface area contributed by atoms with Gasteiger partial charge in [0.2, 0.25) is 11.8 Å². The monoisotopic (exact) mass is 315 g/mol. The first-order chi connectivity index (χ1) is 10.3. The first-order valence-electron chi connectivity index (χ1n) is 7.62. The number of rotatable bonds is 10. The molecule has 0 aromatic rings. The summed E-state index contributed by atoms with van der Waals surface area (Å²) in [5.74, 6) is -0.346. The zero-order valence-corrected chi connectivity index (χ0v) is 13.9. The lowest BCUT2D eigenvalue weighted by molar-refractivity contribution is -0.130. The van der Waals surface area contributed by atoms with Gasteiger partial charge in [-0.15, -0.1) is 0 Å². The molecule has 0 spiro atoms. The molecule has 0 saturated heterocycles. The third-order valence-corrected chi connectivity index (χ3v) is 3.22. The van der Waals surface area contributed by atoms with E-state index in [1.54, 1.807) is 0 Å². The fourth-order valence-electron chi connectivity index (χ4n) is 2.07. The molecule has 22 heavy (non-hydrogen) atoms. The molecule has 8 heteroatoms. The van der Waals surface area contributed by atoms with E-state index in [1.807, 2.05) is 20.8 Å². The maximum Gasteiger partial charge on any atom is 0.312 e. The first-order valence-corrected chi connectivity index (χ1v) is 7.62. The standard InChI is InChI=1S/C14H29N5O3/c1-5-17-11(9(2)3)13(21)19-10(12(20)16-4)7-6-8-18-14(15)22/h9-11,17H,5-8H2,1-4H3,(H,16,20)(H,19,21)(H3,15,18,22)/t10?,11-/m1/s1. The number of hydrogen-bond acceptors (Lipinski definition) is 4. The smallest absolute Gasteiger partial charge is 0.312 e. The molecule has 6 N–H and O–H groups in total. The van der Waals surface area contributed by atoms with Crippen molar-refractivity contribution in [3.05, 3.63) is 0 Å². The Morgan fingerprint density at radius 2 is 1.77 bits per heavy atom. The second kappa shape index (κ2) is 10.8. The summed E-state index contributed by atoms with van der Waals surface area (Å²) in [6.45, 7) is 6.84. The Balaban J connectivity index is 4.59. The van der Waals surface area contributed by atoms with Gasteiger partial charge in [-0.1, -0.05) is 20.8 Å². The summed E-state index contributed by atoms with van der Waals surface area (Å²) < 4.78 is 0. The van der Waals surface area contributed by atoms with Gasteiger partial charge in [0.15, 0.2) is 0 Å². The molecule has 0 aliphatic rings. The fraction of sp³-hybridized carbons (Fsp3) is 0.786. The Kier molecular flexibility index (Phi) is 9.93. The Morgan fingerprint density at radius 3 is 2.23 bits per heavy atom. The minimum absolute atomic E-state index is 0.113. The number of amides is 4. The van der Waals surface area contributed by atoms with Gasteiger partial charge in [0.1, 0.15) is 6.04 Å². The maximum absolute atomic E-state index is 12.3. The summed E-state index contributed by atoms with van der Waals surface area (Å²) in [5.41, 5.74) is 4.98. The van der Waals surface area contributed by atoms with Crippen LogP contribution < -0.4 is 27.0 Å². The summed E-state index contributed by atoms with van der Waals surface area (Å²) in [5, 5.41) is 10.9. The number of primary amides is 1. The summed E-state index contributed by atoms with van der Waals surface area (Å²) in [4.78, 5) is 34.8. The van der Waals surface area contributed by atoms with Crippen LogP contribution in [-0.2, 0) is 9.59 Å². The average Bonchev–Trinajstić information content (AvgIpc) is 2.46. The van der Waals surface area contributed by atoms with Crippen LogP contribution in [0.3, 0.4) is 0 Å². The van der Waals surface area contributed by atoms with Crippen LogP contribution in [0.25, 0.3) is 0 Å². The normalized spacial score (nSPS) is 13.3. The maximum atomic E-state index is 12.3. The number of nitrogens with one attached hydrogen (secondary N) is 4. The van der Waals surface area contributed by atoms with Gasteiger partial charge < -0.3 is 27.0 Å². The second-order valence-corrected chi connectivity index (χ2v) is 5.39. The molecule has 4 amide bonds. The van der Waals surface area contributed by atoms with Gasteiger partial charge in [-0.05, 0) is 25.3 Å². The molecule has 0 aromatic heterocycles. The van der Waals surface area contributed by atoms with E-state index in [2.05, 4.69) is 21.3 Å². The summed E-state index contributed by atoms with van der Waals surface area (Å²) in [6.07, 6.45) is 0.956. The predicted octanol–water partition coefficient (Wildman–Crippen LogP) is -0.700. The zero-order chi connectivity index (χ0) is 17.1. The molecule has 8 nitrogen and oxygen atoms in total. The van der Waals surface area contributed by atoms with Crippen molar-refractivity contribution in [3.8, 4) is 0 Å². The van der Waals surface area contributed by atoms with Crippen LogP contribution in [0.1, 0.15) is 33.6 Å². The third-order valence-electron chi connectivity index (χ3n) is 3.22. The van der Waals surface area contributed by atoms with Gasteiger partial charge in [0.25, 0.3) is 0 Å². The molecule has 1 unspecified atom stereocenters. The van der Waals surface area contributed by atoms with Crippen LogP contribution in [-0.4, -0.2) is 50.1 Å². The van der Waals surface area contributed by atoms with Gasteiger partial charge in [-0.2, -0.15) is 0 Å². The van der Waals surface area contributed by atoms with Gasteiger partial charge in [-0.25, -0.2) is 4.79 Å². The molecule has 0 heterocycles. The van der Waals surface area contributed by atoms with Crippen molar-refractivity contribution in [2.24, 2.45) is 11.7 Å². The van der Waals surface area contributed by atoms with Crippen molar-refractivity contribution in [1.82, 2.24) is 21.3 Å². The second-order valence-electron chi connectivity index (χ2n) is 5.39. The molecule has 0 rings (SSSR count). The van der Waals surface area contributed by atoms with Crippen molar-refractivity contribution in [2.45, 2.75) is 45.7 Å². The zero-order valence-electron chi connectivity index (χ0n) is 13.9. The SMILES string of the molecule is CCN[C@@H](C(=O)NC(CCCNC(N)=O)C(=O)NC)C(C)C. The minimum Gasteiger partial charge on any atom is -0.357 e. The largest absolute Gasteiger partial charge is 0.357 e. The fourth-order valence-corrected chi connectivity index (χ4v) is 2.07. The van der Waals surface area contributed by atoms with Crippen LogP contribution in [0, 0.1) is 5.92 Å². The van der Waals surface area contributed by atoms with E-state index in [1.165, 1.54) is 7.05 Å². The van der Waals surface area contributed by atoms with Gasteiger partial charge in [-0.3, -0.25) is 9.59 Å². The Bertz CT molecular complexity index is 373. The number of urea groups is 1. The van der Waals surface area contributed by atoms with Crippen molar-refractivity contribution >= 4 is 17.8 Å². The van der Waals surface area contributed by atoms with E-state index in [9.17, 15) is 14.4 Å². The highest BCUT2D eigenvalue weighted by Crippen LogP contribution is 2.04. The topological polar surface area (TPSA) is 125 Å². The first kappa shape index (κ1) is 20.2. The molecule has 0 bridgehead atoms. The summed E-state index contributed by atoms with van der Waals surface area (Å²) in [7, 11) is 1.52. The highest BCUT2D eigenvalue weighted by Gasteiger charge is 2.26. The van der Waals surface area contributed by atoms with E-state index in [4.69, 9.17) is 5.73 Å². The van der Waals surface area contributed by atoms with Gasteiger partial charge in [0, 0.05) is 13.6 Å². The number of carbonyl (C=O) groups is 3. The molecule has 0 aliphatic carbocycles. The van der Waals surface area contributed by atoms with Crippen LogP contribution in [0.15, 0.2) is 0 Å². The van der Waals surface area contributed by atoms with Gasteiger partial charge in [0.05, 0.1) is 6.04 Å². The molecule has 0 aromatic carbocycles. The van der Waals surface area contributed by atoms with Crippen LogP contribution in [0.2, 0.25) is 0 Å². The summed E-state index contributed by atoms with van der Waals surface area (Å²) in [6, 6.07) is -1.58. The van der Waals surface area contributed by atoms with Crippen LogP contribution in [0.5, 0.6) is 0 Å². The average molecular weight is 315 g/mol. The lowest BCUT2D eigenvalue weighted by Crippen LogP contribution is -2.54. The molecule has 0 radical (unpaired) electrons. The van der Waals surface area contributed by atoms with E-state index in [0.29, 0.717) is 25.9 Å². The van der Waals surface area contributed by atoms with Crippen molar-refractivity contribution < 1.29 is 14.4 Å². The number of carbonyl (C=O) groups excluding carboxylic acids is 3. The van der Waals surface area contributed by atoms with Crippen molar-refractivity contribution in [1.29, 1.82) is 0 Å². The molecule has 128 valence electrons. The third kappa shape index (κ3) is 7.82. The summed E-state index contributed by atoms with van der Waals surface area (Å²) >= 11 is 0. The number of nitrogens with two attached hydrogens (primary N) is 1. The Labute approximate surface area is 132 Å². The lowest BCUT2D eigenvalue weighted by Gasteiger charge is -2.24. The van der Waals surface area contributed by atoms with Gasteiger partial charge >= 0.3 is 6.03 Å². The Morgan fingerprint density at radius 1 is 1.14 bits per heavy atom. The molecular weight excluding hydrogens is 286 g/mol. The lowest BCUT2D eigenvalue weighted by atomic mass is 10.0. The van der Waals surface area contributed by atoms with Crippen LogP contribution >= 0.6 is 0 Å².